The number of aliphatic hydroxyl groups excluding tert-OH is 1. The number of rotatable bonds is 7. The first-order chi connectivity index (χ1) is 9.63. The summed E-state index contributed by atoms with van der Waals surface area (Å²) in [5, 5.41) is 12.5. The topological polar surface area (TPSA) is 49.3 Å². The molecular formula is C17H23NO2. The summed E-state index contributed by atoms with van der Waals surface area (Å²) in [4.78, 5) is 11.6. The Morgan fingerprint density at radius 3 is 2.60 bits per heavy atom. The van der Waals surface area contributed by atoms with Crippen LogP contribution in [-0.4, -0.2) is 23.7 Å². The van der Waals surface area contributed by atoms with Gasteiger partial charge in [-0.05, 0) is 25.8 Å². The van der Waals surface area contributed by atoms with Crippen molar-refractivity contribution in [3.8, 4) is 0 Å². The number of hydrogen-bond donors (Lipinski definition) is 2. The Balaban J connectivity index is 2.60. The number of carbonyl (C=O) groups excluding carboxylic acids is 1. The van der Waals surface area contributed by atoms with Gasteiger partial charge in [-0.2, -0.15) is 0 Å². The van der Waals surface area contributed by atoms with Crippen LogP contribution in [0.1, 0.15) is 31.7 Å². The maximum Gasteiger partial charge on any atom is 0.243 e. The number of allylic oxidation sites excluding steroid dienone is 3. The number of aliphatic hydroxyl groups is 1. The van der Waals surface area contributed by atoms with E-state index in [1.165, 1.54) is 6.08 Å². The van der Waals surface area contributed by atoms with E-state index in [0.717, 1.165) is 5.56 Å². The minimum atomic E-state index is -0.393. The van der Waals surface area contributed by atoms with Crippen molar-refractivity contribution in [3.05, 3.63) is 60.2 Å². The molecular weight excluding hydrogens is 250 g/mol. The van der Waals surface area contributed by atoms with Crippen molar-refractivity contribution < 1.29 is 9.90 Å². The highest BCUT2D eigenvalue weighted by Gasteiger charge is 2.14. The van der Waals surface area contributed by atoms with Crippen LogP contribution in [0.2, 0.25) is 0 Å². The molecule has 2 atom stereocenters. The lowest BCUT2D eigenvalue weighted by molar-refractivity contribution is -0.116. The number of nitrogens with one attached hydrogen (secondary N) is 1. The standard InChI is InChI=1S/C17H23NO2/c1-3-4-6-11-17(20)18-13-16(12-14(2)19)15-9-7-5-8-10-15/h3-11,14,16,19H,12-13H2,1-2H3,(H,18,20). The third-order valence-corrected chi connectivity index (χ3v) is 2.97. The summed E-state index contributed by atoms with van der Waals surface area (Å²) < 4.78 is 0. The van der Waals surface area contributed by atoms with Gasteiger partial charge in [-0.15, -0.1) is 0 Å². The summed E-state index contributed by atoms with van der Waals surface area (Å²) in [5.74, 6) is 0.00453. The Kier molecular flexibility index (Phi) is 7.36. The second-order valence-electron chi connectivity index (χ2n) is 4.82. The molecule has 1 aromatic carbocycles. The lowest BCUT2D eigenvalue weighted by atomic mass is 9.93. The summed E-state index contributed by atoms with van der Waals surface area (Å²) in [6.07, 6.45) is 7.12. The summed E-state index contributed by atoms with van der Waals surface area (Å²) in [6.45, 7) is 4.19. The van der Waals surface area contributed by atoms with Gasteiger partial charge in [0, 0.05) is 18.5 Å². The quantitative estimate of drug-likeness (QED) is 0.593. The summed E-state index contributed by atoms with van der Waals surface area (Å²) in [5.41, 5.74) is 1.13. The first-order valence-corrected chi connectivity index (χ1v) is 6.93. The van der Waals surface area contributed by atoms with Crippen molar-refractivity contribution in [1.29, 1.82) is 0 Å². The molecule has 0 aliphatic rings. The molecule has 108 valence electrons. The molecule has 0 aliphatic heterocycles. The van der Waals surface area contributed by atoms with E-state index < -0.39 is 6.10 Å². The van der Waals surface area contributed by atoms with Crippen LogP contribution in [0.15, 0.2) is 54.6 Å². The van der Waals surface area contributed by atoms with Crippen LogP contribution >= 0.6 is 0 Å². The fraction of sp³-hybridized carbons (Fsp3) is 0.353. The van der Waals surface area contributed by atoms with E-state index in [-0.39, 0.29) is 11.8 Å². The fourth-order valence-electron chi connectivity index (χ4n) is 2.01. The van der Waals surface area contributed by atoms with Gasteiger partial charge in [0.05, 0.1) is 6.10 Å². The lowest BCUT2D eigenvalue weighted by Gasteiger charge is -2.19. The van der Waals surface area contributed by atoms with Gasteiger partial charge in [-0.1, -0.05) is 48.6 Å². The van der Waals surface area contributed by atoms with Crippen LogP contribution in [0.5, 0.6) is 0 Å². The molecule has 0 aromatic heterocycles. The van der Waals surface area contributed by atoms with Gasteiger partial charge in [0.25, 0.3) is 0 Å². The summed E-state index contributed by atoms with van der Waals surface area (Å²) in [7, 11) is 0. The van der Waals surface area contributed by atoms with E-state index in [0.29, 0.717) is 13.0 Å². The average Bonchev–Trinajstić information content (AvgIpc) is 2.44. The Hall–Kier alpha value is -1.87. The molecule has 2 unspecified atom stereocenters. The molecule has 1 aromatic rings. The fourth-order valence-corrected chi connectivity index (χ4v) is 2.01. The SMILES string of the molecule is CC=CC=CC(=O)NCC(CC(C)O)c1ccccc1. The molecule has 20 heavy (non-hydrogen) atoms. The molecule has 1 amide bonds. The normalized spacial score (nSPS) is 14.6. The predicted octanol–water partition coefficient (Wildman–Crippen LogP) is 2.79. The van der Waals surface area contributed by atoms with E-state index in [9.17, 15) is 9.90 Å². The maximum absolute atomic E-state index is 11.6. The van der Waals surface area contributed by atoms with Crippen molar-refractivity contribution in [3.63, 3.8) is 0 Å². The number of amides is 1. The van der Waals surface area contributed by atoms with Gasteiger partial charge in [0.1, 0.15) is 0 Å². The van der Waals surface area contributed by atoms with Crippen LogP contribution in [0, 0.1) is 0 Å². The molecule has 0 spiro atoms. The van der Waals surface area contributed by atoms with Crippen LogP contribution in [0.25, 0.3) is 0 Å². The Bertz CT molecular complexity index is 449. The Labute approximate surface area is 121 Å². The minimum Gasteiger partial charge on any atom is -0.393 e. The van der Waals surface area contributed by atoms with Gasteiger partial charge in [0.15, 0.2) is 0 Å². The third kappa shape index (κ3) is 6.34. The first-order valence-electron chi connectivity index (χ1n) is 6.93. The van der Waals surface area contributed by atoms with E-state index in [4.69, 9.17) is 0 Å². The van der Waals surface area contributed by atoms with E-state index in [1.807, 2.05) is 49.4 Å². The molecule has 3 heteroatoms. The highest BCUT2D eigenvalue weighted by atomic mass is 16.3. The van der Waals surface area contributed by atoms with Crippen molar-refractivity contribution in [2.24, 2.45) is 0 Å². The first kappa shape index (κ1) is 16.2. The van der Waals surface area contributed by atoms with Crippen LogP contribution in [0.4, 0.5) is 0 Å². The predicted molar refractivity (Wildman–Crippen MR) is 82.4 cm³/mol. The molecule has 0 aliphatic carbocycles. The highest BCUT2D eigenvalue weighted by molar-refractivity contribution is 5.87. The molecule has 0 saturated carbocycles. The zero-order valence-corrected chi connectivity index (χ0v) is 12.1. The average molecular weight is 273 g/mol. The van der Waals surface area contributed by atoms with Crippen molar-refractivity contribution in [1.82, 2.24) is 5.32 Å². The zero-order valence-electron chi connectivity index (χ0n) is 12.1. The summed E-state index contributed by atoms with van der Waals surface area (Å²) in [6, 6.07) is 9.95. The Morgan fingerprint density at radius 1 is 1.30 bits per heavy atom. The molecule has 2 N–H and O–H groups in total. The van der Waals surface area contributed by atoms with Gasteiger partial charge < -0.3 is 10.4 Å². The van der Waals surface area contributed by atoms with Crippen LogP contribution in [0.3, 0.4) is 0 Å². The van der Waals surface area contributed by atoms with Gasteiger partial charge >= 0.3 is 0 Å². The van der Waals surface area contributed by atoms with Gasteiger partial charge in [0.2, 0.25) is 5.91 Å². The van der Waals surface area contributed by atoms with E-state index in [2.05, 4.69) is 5.32 Å². The molecule has 0 heterocycles. The maximum atomic E-state index is 11.6. The van der Waals surface area contributed by atoms with Gasteiger partial charge in [-0.3, -0.25) is 4.79 Å². The molecule has 0 saturated heterocycles. The molecule has 0 fully saturated rings. The molecule has 1 rings (SSSR count). The smallest absolute Gasteiger partial charge is 0.243 e. The zero-order chi connectivity index (χ0) is 14.8. The van der Waals surface area contributed by atoms with Crippen LogP contribution < -0.4 is 5.32 Å². The van der Waals surface area contributed by atoms with E-state index in [1.54, 1.807) is 13.0 Å². The number of benzene rings is 1. The number of carbonyl (C=O) groups is 1. The van der Waals surface area contributed by atoms with Gasteiger partial charge in [-0.25, -0.2) is 0 Å². The summed E-state index contributed by atoms with van der Waals surface area (Å²) >= 11 is 0. The molecule has 3 nitrogen and oxygen atoms in total. The van der Waals surface area contributed by atoms with E-state index >= 15 is 0 Å². The largest absolute Gasteiger partial charge is 0.393 e. The minimum absolute atomic E-state index is 0.116. The van der Waals surface area contributed by atoms with Crippen LogP contribution in [-0.2, 0) is 4.79 Å². The number of hydrogen-bond acceptors (Lipinski definition) is 2. The second-order valence-corrected chi connectivity index (χ2v) is 4.82. The Morgan fingerprint density at radius 2 is 2.00 bits per heavy atom. The van der Waals surface area contributed by atoms with Crippen molar-refractivity contribution >= 4 is 5.91 Å². The third-order valence-electron chi connectivity index (χ3n) is 2.97. The molecule has 0 bridgehead atoms. The van der Waals surface area contributed by atoms with Crippen molar-refractivity contribution in [2.75, 3.05) is 6.54 Å². The highest BCUT2D eigenvalue weighted by Crippen LogP contribution is 2.20. The van der Waals surface area contributed by atoms with Crippen molar-refractivity contribution in [2.45, 2.75) is 32.3 Å². The second kappa shape index (κ2) is 9.10. The lowest BCUT2D eigenvalue weighted by Crippen LogP contribution is -2.28. The monoisotopic (exact) mass is 273 g/mol. The molecule has 0 radical (unpaired) electrons.